The van der Waals surface area contributed by atoms with Gasteiger partial charge in [0.25, 0.3) is 0 Å². The number of aliphatic hydroxyl groups is 6. The maximum absolute atomic E-state index is 10.7. The van der Waals surface area contributed by atoms with Crippen molar-refractivity contribution < 1.29 is 59.1 Å². The highest BCUT2D eigenvalue weighted by atomic mass is 16.7. The van der Waals surface area contributed by atoms with Crippen molar-refractivity contribution in [1.29, 1.82) is 0 Å². The molecule has 0 unspecified atom stereocenters. The molecular weight excluding hydrogens is 456 g/mol. The molecule has 2 aliphatic rings. The summed E-state index contributed by atoms with van der Waals surface area (Å²) in [4.78, 5) is 0. The zero-order valence-electron chi connectivity index (χ0n) is 18.6. The minimum Gasteiger partial charge on any atom is -0.497 e. The molecule has 12 nitrogen and oxygen atoms in total. The number of hydrogen-bond donors (Lipinski definition) is 6. The summed E-state index contributed by atoms with van der Waals surface area (Å²) >= 11 is 0. The van der Waals surface area contributed by atoms with Gasteiger partial charge < -0.3 is 59.1 Å². The molecule has 34 heavy (non-hydrogen) atoms. The van der Waals surface area contributed by atoms with Gasteiger partial charge in [-0.05, 0) is 24.3 Å². The number of methoxy groups -OCH3 is 1. The van der Waals surface area contributed by atoms with Crippen LogP contribution in [0.2, 0.25) is 0 Å². The van der Waals surface area contributed by atoms with Gasteiger partial charge >= 0.3 is 0 Å². The predicted octanol–water partition coefficient (Wildman–Crippen LogP) is -2.09. The van der Waals surface area contributed by atoms with E-state index in [9.17, 15) is 30.6 Å². The average molecular weight is 488 g/mol. The van der Waals surface area contributed by atoms with Gasteiger partial charge in [0.2, 0.25) is 6.29 Å². The van der Waals surface area contributed by atoms with Crippen LogP contribution in [0.1, 0.15) is 0 Å². The van der Waals surface area contributed by atoms with Gasteiger partial charge in [0.1, 0.15) is 60.3 Å². The van der Waals surface area contributed by atoms with Crippen molar-refractivity contribution in [3.8, 4) is 11.5 Å². The fourth-order valence-electron chi connectivity index (χ4n) is 3.80. The summed E-state index contributed by atoms with van der Waals surface area (Å²) in [5, 5.41) is 61.6. The minimum atomic E-state index is -1.61. The van der Waals surface area contributed by atoms with Gasteiger partial charge in [-0.1, -0.05) is 6.08 Å². The van der Waals surface area contributed by atoms with Crippen LogP contribution >= 0.6 is 0 Å². The quantitative estimate of drug-likeness (QED) is 0.198. The first-order chi connectivity index (χ1) is 16.3. The highest BCUT2D eigenvalue weighted by Crippen LogP contribution is 2.31. The van der Waals surface area contributed by atoms with Crippen LogP contribution in [0.5, 0.6) is 11.5 Å². The molecule has 2 saturated heterocycles. The highest BCUT2D eigenvalue weighted by molar-refractivity contribution is 5.31. The van der Waals surface area contributed by atoms with Crippen LogP contribution in [0.25, 0.3) is 0 Å². The van der Waals surface area contributed by atoms with E-state index in [2.05, 4.69) is 6.58 Å². The third kappa shape index (κ3) is 5.86. The van der Waals surface area contributed by atoms with Crippen LogP contribution in [0, 0.1) is 0 Å². The van der Waals surface area contributed by atoms with Crippen molar-refractivity contribution in [3.63, 3.8) is 0 Å². The molecule has 1 aromatic carbocycles. The Bertz CT molecular complexity index is 759. The fourth-order valence-corrected chi connectivity index (χ4v) is 3.80. The average Bonchev–Trinajstić information content (AvgIpc) is 2.85. The van der Waals surface area contributed by atoms with Gasteiger partial charge in [0.15, 0.2) is 6.29 Å². The van der Waals surface area contributed by atoms with Gasteiger partial charge in [-0.25, -0.2) is 0 Å². The molecule has 0 bridgehead atoms. The molecule has 3 rings (SSSR count). The van der Waals surface area contributed by atoms with Crippen LogP contribution in [0.3, 0.4) is 0 Å². The Hall–Kier alpha value is -1.84. The first-order valence-corrected chi connectivity index (χ1v) is 10.8. The zero-order chi connectivity index (χ0) is 24.8. The Morgan fingerprint density at radius 2 is 1.44 bits per heavy atom. The monoisotopic (exact) mass is 488 g/mol. The Balaban J connectivity index is 1.71. The number of rotatable bonds is 10. The van der Waals surface area contributed by atoms with E-state index < -0.39 is 74.6 Å². The number of benzene rings is 1. The van der Waals surface area contributed by atoms with E-state index in [-0.39, 0.29) is 6.61 Å². The van der Waals surface area contributed by atoms with Gasteiger partial charge in [0.05, 0.1) is 26.9 Å². The van der Waals surface area contributed by atoms with E-state index in [1.165, 1.54) is 13.2 Å². The van der Waals surface area contributed by atoms with Gasteiger partial charge in [-0.3, -0.25) is 0 Å². The molecule has 0 saturated carbocycles. The SMILES string of the molecule is C=CCO[C@H]1[C@@H](O)[C@@H](CO)O[C@@H](O[C@H]2[C@H](O)[C@@H](O)[C@H](Oc3ccc(OC)cc3)O[C@@H]2CO)[C@@H]1O. The third-order valence-corrected chi connectivity index (χ3v) is 5.65. The standard InChI is InChI=1S/C22H32O12/c1-3-8-30-20-15(25)13(9-23)32-22(18(20)28)34-19-14(10-24)33-21(17(27)16(19)26)31-12-6-4-11(29-2)5-7-12/h3-7,13-28H,1,8-10H2,2H3/t13-,14-,15+,16-,17-,18-,19-,20+,21-,22+/m1/s1. The summed E-state index contributed by atoms with van der Waals surface area (Å²) in [6.45, 7) is 2.28. The predicted molar refractivity (Wildman–Crippen MR) is 114 cm³/mol. The molecule has 0 aliphatic carbocycles. The third-order valence-electron chi connectivity index (χ3n) is 5.65. The molecule has 10 atom stereocenters. The molecule has 0 amide bonds. The van der Waals surface area contributed by atoms with E-state index >= 15 is 0 Å². The molecule has 6 N–H and O–H groups in total. The van der Waals surface area contributed by atoms with Crippen LogP contribution in [0.4, 0.5) is 0 Å². The Kier molecular flexibility index (Phi) is 9.62. The van der Waals surface area contributed by atoms with Gasteiger partial charge in [0, 0.05) is 0 Å². The molecule has 2 heterocycles. The molecule has 0 radical (unpaired) electrons. The summed E-state index contributed by atoms with van der Waals surface area (Å²) in [6, 6.07) is 6.42. The van der Waals surface area contributed by atoms with Gasteiger partial charge in [-0.2, -0.15) is 0 Å². The Morgan fingerprint density at radius 3 is 2.03 bits per heavy atom. The van der Waals surface area contributed by atoms with Crippen molar-refractivity contribution in [2.24, 2.45) is 0 Å². The summed E-state index contributed by atoms with van der Waals surface area (Å²) < 4.78 is 32.8. The summed E-state index contributed by atoms with van der Waals surface area (Å²) in [7, 11) is 1.51. The summed E-state index contributed by atoms with van der Waals surface area (Å²) in [5.74, 6) is 0.910. The maximum atomic E-state index is 10.7. The lowest BCUT2D eigenvalue weighted by Gasteiger charge is -2.46. The maximum Gasteiger partial charge on any atom is 0.229 e. The van der Waals surface area contributed by atoms with E-state index in [1.807, 2.05) is 0 Å². The molecule has 2 aliphatic heterocycles. The molecule has 2 fully saturated rings. The molecule has 192 valence electrons. The van der Waals surface area contributed by atoms with Crippen molar-refractivity contribution >= 4 is 0 Å². The fraction of sp³-hybridized carbons (Fsp3) is 0.636. The molecular formula is C22H32O12. The van der Waals surface area contributed by atoms with E-state index in [0.717, 1.165) is 0 Å². The van der Waals surface area contributed by atoms with Crippen molar-refractivity contribution in [2.45, 2.75) is 61.4 Å². The Morgan fingerprint density at radius 1 is 0.824 bits per heavy atom. The van der Waals surface area contributed by atoms with Gasteiger partial charge in [-0.15, -0.1) is 6.58 Å². The van der Waals surface area contributed by atoms with Crippen LogP contribution in [-0.2, 0) is 18.9 Å². The highest BCUT2D eigenvalue weighted by Gasteiger charge is 2.51. The van der Waals surface area contributed by atoms with Crippen LogP contribution < -0.4 is 9.47 Å². The molecule has 12 heteroatoms. The topological polar surface area (TPSA) is 177 Å². The lowest BCUT2D eigenvalue weighted by molar-refractivity contribution is -0.354. The first kappa shape index (κ1) is 26.8. The second-order valence-electron chi connectivity index (χ2n) is 7.89. The Labute approximate surface area is 196 Å². The van der Waals surface area contributed by atoms with Crippen molar-refractivity contribution in [3.05, 3.63) is 36.9 Å². The van der Waals surface area contributed by atoms with E-state index in [4.69, 9.17) is 28.4 Å². The molecule has 0 spiro atoms. The summed E-state index contributed by atoms with van der Waals surface area (Å²) in [5.41, 5.74) is 0. The minimum absolute atomic E-state index is 0.00117. The molecule has 0 aromatic heterocycles. The lowest BCUT2D eigenvalue weighted by atomic mass is 9.97. The second kappa shape index (κ2) is 12.2. The smallest absolute Gasteiger partial charge is 0.229 e. The van der Waals surface area contributed by atoms with Crippen molar-refractivity contribution in [2.75, 3.05) is 26.9 Å². The lowest BCUT2D eigenvalue weighted by Crippen LogP contribution is -2.65. The second-order valence-corrected chi connectivity index (χ2v) is 7.89. The molecule has 1 aromatic rings. The van der Waals surface area contributed by atoms with E-state index in [0.29, 0.717) is 11.5 Å². The first-order valence-electron chi connectivity index (χ1n) is 10.8. The van der Waals surface area contributed by atoms with Crippen LogP contribution in [0.15, 0.2) is 36.9 Å². The number of ether oxygens (including phenoxy) is 6. The summed E-state index contributed by atoms with van der Waals surface area (Å²) in [6.07, 6.45) is -12.4. The van der Waals surface area contributed by atoms with E-state index in [1.54, 1.807) is 24.3 Å². The number of aliphatic hydroxyl groups excluding tert-OH is 6. The largest absolute Gasteiger partial charge is 0.497 e. The normalized spacial score (nSPS) is 38.3. The zero-order valence-corrected chi connectivity index (χ0v) is 18.6. The number of hydrogen-bond acceptors (Lipinski definition) is 12. The van der Waals surface area contributed by atoms with Crippen molar-refractivity contribution in [1.82, 2.24) is 0 Å². The van der Waals surface area contributed by atoms with Crippen LogP contribution in [-0.4, -0.2) is 119 Å².